The summed E-state index contributed by atoms with van der Waals surface area (Å²) in [6.45, 7) is 1.88. The molecule has 1 fully saturated rings. The highest BCUT2D eigenvalue weighted by Gasteiger charge is 2.20. The Labute approximate surface area is 102 Å². The average molecular weight is 237 g/mol. The zero-order chi connectivity index (χ0) is 11.2. The van der Waals surface area contributed by atoms with Crippen molar-refractivity contribution < 1.29 is 4.74 Å². The summed E-state index contributed by atoms with van der Waals surface area (Å²) in [4.78, 5) is 1.29. The van der Waals surface area contributed by atoms with Crippen LogP contribution >= 0.6 is 11.8 Å². The smallest absolute Gasteiger partial charge is 0.0967 e. The summed E-state index contributed by atoms with van der Waals surface area (Å²) in [5.74, 6) is 1.64. The van der Waals surface area contributed by atoms with Crippen molar-refractivity contribution in [2.45, 2.75) is 24.3 Å². The third-order valence-electron chi connectivity index (χ3n) is 2.66. The van der Waals surface area contributed by atoms with E-state index in [1.54, 1.807) is 11.8 Å². The van der Waals surface area contributed by atoms with Crippen LogP contribution in [0.15, 0.2) is 29.2 Å². The lowest BCUT2D eigenvalue weighted by Gasteiger charge is -2.04. The van der Waals surface area contributed by atoms with Crippen LogP contribution in [0, 0.1) is 5.92 Å². The Morgan fingerprint density at radius 3 is 2.69 bits per heavy atom. The summed E-state index contributed by atoms with van der Waals surface area (Å²) in [7, 11) is 1.97. The van der Waals surface area contributed by atoms with E-state index in [2.05, 4.69) is 29.6 Å². The molecule has 1 aromatic rings. The van der Waals surface area contributed by atoms with Crippen LogP contribution in [0.1, 0.15) is 18.4 Å². The lowest BCUT2D eigenvalue weighted by molar-refractivity contribution is 0.171. The summed E-state index contributed by atoms with van der Waals surface area (Å²) in [6, 6.07) is 8.66. The lowest BCUT2D eigenvalue weighted by Crippen LogP contribution is -2.04. The Kier molecular flexibility index (Phi) is 4.69. The number of rotatable bonds is 7. The number of ether oxygens (including phenoxy) is 1. The zero-order valence-corrected chi connectivity index (χ0v) is 10.6. The van der Waals surface area contributed by atoms with E-state index >= 15 is 0 Å². The SMILES string of the molecule is CNCc1ccc(SCOCC2CC2)cc1. The summed E-state index contributed by atoms with van der Waals surface area (Å²) in [5.41, 5.74) is 1.32. The predicted molar refractivity (Wildman–Crippen MR) is 68.6 cm³/mol. The first-order valence-electron chi connectivity index (χ1n) is 5.82. The van der Waals surface area contributed by atoms with Gasteiger partial charge in [-0.15, -0.1) is 0 Å². The molecule has 2 nitrogen and oxygen atoms in total. The highest BCUT2D eigenvalue weighted by molar-refractivity contribution is 7.99. The summed E-state index contributed by atoms with van der Waals surface area (Å²) < 4.78 is 5.59. The van der Waals surface area contributed by atoms with Crippen LogP contribution in [0.3, 0.4) is 0 Å². The molecule has 0 spiro atoms. The highest BCUT2D eigenvalue weighted by atomic mass is 32.2. The van der Waals surface area contributed by atoms with Gasteiger partial charge in [0.1, 0.15) is 0 Å². The fourth-order valence-electron chi connectivity index (χ4n) is 1.52. The summed E-state index contributed by atoms with van der Waals surface area (Å²) in [6.07, 6.45) is 2.73. The molecular formula is C13H19NOS. The van der Waals surface area contributed by atoms with E-state index in [4.69, 9.17) is 4.74 Å². The van der Waals surface area contributed by atoms with Crippen LogP contribution in [0.2, 0.25) is 0 Å². The van der Waals surface area contributed by atoms with E-state index < -0.39 is 0 Å². The van der Waals surface area contributed by atoms with Gasteiger partial charge in [0.2, 0.25) is 0 Å². The molecule has 0 heterocycles. The van der Waals surface area contributed by atoms with E-state index in [1.807, 2.05) is 7.05 Å². The predicted octanol–water partition coefficient (Wildman–Crippen LogP) is 2.88. The van der Waals surface area contributed by atoms with Crippen LogP contribution in [0.5, 0.6) is 0 Å². The van der Waals surface area contributed by atoms with Gasteiger partial charge in [-0.3, -0.25) is 0 Å². The second kappa shape index (κ2) is 6.28. The quantitative estimate of drug-likeness (QED) is 0.447. The van der Waals surface area contributed by atoms with E-state index in [1.165, 1.54) is 23.3 Å². The Morgan fingerprint density at radius 2 is 2.06 bits per heavy atom. The number of benzene rings is 1. The molecule has 16 heavy (non-hydrogen) atoms. The van der Waals surface area contributed by atoms with Crippen molar-refractivity contribution in [3.8, 4) is 0 Å². The third kappa shape index (κ3) is 4.16. The van der Waals surface area contributed by atoms with Gasteiger partial charge >= 0.3 is 0 Å². The van der Waals surface area contributed by atoms with Gasteiger partial charge in [-0.1, -0.05) is 23.9 Å². The van der Waals surface area contributed by atoms with Crippen LogP contribution in [0.25, 0.3) is 0 Å². The molecule has 0 bridgehead atoms. The molecule has 1 aliphatic carbocycles. The Morgan fingerprint density at radius 1 is 1.31 bits per heavy atom. The van der Waals surface area contributed by atoms with Crippen molar-refractivity contribution in [3.05, 3.63) is 29.8 Å². The first kappa shape index (κ1) is 12.0. The van der Waals surface area contributed by atoms with Crippen LogP contribution in [-0.4, -0.2) is 19.6 Å². The molecule has 0 aliphatic heterocycles. The molecule has 1 N–H and O–H groups in total. The maximum absolute atomic E-state index is 5.59. The molecule has 1 saturated carbocycles. The van der Waals surface area contributed by atoms with Gasteiger partial charge < -0.3 is 10.1 Å². The molecule has 0 saturated heterocycles. The molecule has 0 aromatic heterocycles. The number of hydrogen-bond acceptors (Lipinski definition) is 3. The minimum atomic E-state index is 0.780. The molecule has 88 valence electrons. The second-order valence-corrected chi connectivity index (χ2v) is 5.25. The normalized spacial score (nSPS) is 15.3. The molecule has 0 radical (unpaired) electrons. The van der Waals surface area contributed by atoms with Gasteiger partial charge in [-0.25, -0.2) is 0 Å². The van der Waals surface area contributed by atoms with E-state index in [0.717, 1.165) is 25.0 Å². The molecule has 0 amide bonds. The van der Waals surface area contributed by atoms with Crippen molar-refractivity contribution in [3.63, 3.8) is 0 Å². The third-order valence-corrected chi connectivity index (χ3v) is 3.55. The Bertz CT molecular complexity index is 308. The second-order valence-electron chi connectivity index (χ2n) is 4.25. The Hall–Kier alpha value is -0.510. The Balaban J connectivity index is 1.67. The van der Waals surface area contributed by atoms with Gasteiger partial charge in [0.05, 0.1) is 12.5 Å². The lowest BCUT2D eigenvalue weighted by atomic mass is 10.2. The van der Waals surface area contributed by atoms with E-state index in [-0.39, 0.29) is 0 Å². The van der Waals surface area contributed by atoms with Crippen molar-refractivity contribution in [2.24, 2.45) is 5.92 Å². The first-order chi connectivity index (χ1) is 7.88. The maximum Gasteiger partial charge on any atom is 0.0967 e. The van der Waals surface area contributed by atoms with Crippen molar-refractivity contribution in [2.75, 3.05) is 19.6 Å². The molecular weight excluding hydrogens is 218 g/mol. The molecule has 2 rings (SSSR count). The molecule has 0 atom stereocenters. The van der Waals surface area contributed by atoms with E-state index in [0.29, 0.717) is 0 Å². The van der Waals surface area contributed by atoms with Crippen LogP contribution in [0.4, 0.5) is 0 Å². The van der Waals surface area contributed by atoms with Gasteiger partial charge in [-0.2, -0.15) is 0 Å². The first-order valence-corrected chi connectivity index (χ1v) is 6.81. The maximum atomic E-state index is 5.59. The van der Waals surface area contributed by atoms with Crippen LogP contribution in [-0.2, 0) is 11.3 Å². The van der Waals surface area contributed by atoms with Gasteiger partial charge in [0.15, 0.2) is 0 Å². The largest absolute Gasteiger partial charge is 0.370 e. The standard InChI is InChI=1S/C13H19NOS/c1-14-8-11-4-6-13(7-5-11)16-10-15-9-12-2-3-12/h4-7,12,14H,2-3,8-10H2,1H3. The minimum Gasteiger partial charge on any atom is -0.370 e. The van der Waals surface area contributed by atoms with Gasteiger partial charge in [-0.05, 0) is 43.5 Å². The fourth-order valence-corrected chi connectivity index (χ4v) is 2.16. The average Bonchev–Trinajstić information content (AvgIpc) is 3.11. The minimum absolute atomic E-state index is 0.780. The summed E-state index contributed by atoms with van der Waals surface area (Å²) in [5, 5.41) is 3.14. The fraction of sp³-hybridized carbons (Fsp3) is 0.538. The summed E-state index contributed by atoms with van der Waals surface area (Å²) >= 11 is 1.77. The van der Waals surface area contributed by atoms with Crippen molar-refractivity contribution in [1.29, 1.82) is 0 Å². The number of nitrogens with one attached hydrogen (secondary N) is 1. The molecule has 3 heteroatoms. The van der Waals surface area contributed by atoms with Gasteiger partial charge in [0.25, 0.3) is 0 Å². The van der Waals surface area contributed by atoms with Crippen LogP contribution < -0.4 is 5.32 Å². The molecule has 1 aliphatic rings. The van der Waals surface area contributed by atoms with E-state index in [9.17, 15) is 0 Å². The zero-order valence-electron chi connectivity index (χ0n) is 9.74. The highest BCUT2D eigenvalue weighted by Crippen LogP contribution is 2.29. The number of thioether (sulfide) groups is 1. The monoisotopic (exact) mass is 237 g/mol. The topological polar surface area (TPSA) is 21.3 Å². The molecule has 0 unspecified atom stereocenters. The van der Waals surface area contributed by atoms with Gasteiger partial charge in [0, 0.05) is 11.4 Å². The number of hydrogen-bond donors (Lipinski definition) is 1. The van der Waals surface area contributed by atoms with Crippen molar-refractivity contribution >= 4 is 11.8 Å². The van der Waals surface area contributed by atoms with Crippen molar-refractivity contribution in [1.82, 2.24) is 5.32 Å². The molecule has 1 aromatic carbocycles.